The number of carboxylic acids is 2. The second-order valence-electron chi connectivity index (χ2n) is 3.14. The van der Waals surface area contributed by atoms with Crippen LogP contribution in [0.15, 0.2) is 37.4 Å². The molecule has 1 aromatic rings. The van der Waals surface area contributed by atoms with Gasteiger partial charge in [0.05, 0.1) is 11.1 Å². The van der Waals surface area contributed by atoms with Gasteiger partial charge in [-0.2, -0.15) is 0 Å². The number of hydrogen-bond donors (Lipinski definition) is 2. The van der Waals surface area contributed by atoms with Crippen LogP contribution in [0, 0.1) is 0 Å². The van der Waals surface area contributed by atoms with Gasteiger partial charge in [-0.3, -0.25) is 0 Å². The zero-order valence-electron chi connectivity index (χ0n) is 8.43. The first-order valence-electron chi connectivity index (χ1n) is 4.38. The van der Waals surface area contributed by atoms with Crippen molar-refractivity contribution in [1.29, 1.82) is 0 Å². The Kier molecular flexibility index (Phi) is 3.25. The van der Waals surface area contributed by atoms with Crippen molar-refractivity contribution in [3.8, 4) is 0 Å². The summed E-state index contributed by atoms with van der Waals surface area (Å²) in [5.74, 6) is -2.21. The summed E-state index contributed by atoms with van der Waals surface area (Å²) in [6.07, 6.45) is 0. The molecule has 0 aromatic heterocycles. The fraction of sp³-hybridized carbons (Fsp3) is 0. The first kappa shape index (κ1) is 11.7. The van der Waals surface area contributed by atoms with Crippen LogP contribution in [0.25, 0.3) is 11.1 Å². The molecule has 4 nitrogen and oxygen atoms in total. The van der Waals surface area contributed by atoms with Gasteiger partial charge in [0.15, 0.2) is 0 Å². The highest BCUT2D eigenvalue weighted by atomic mass is 16.4. The molecule has 1 rings (SSSR count). The topological polar surface area (TPSA) is 74.6 Å². The van der Waals surface area contributed by atoms with Gasteiger partial charge >= 0.3 is 11.9 Å². The zero-order chi connectivity index (χ0) is 12.3. The molecule has 0 unspecified atom stereocenters. The molecule has 4 heteroatoms. The molecule has 0 saturated heterocycles. The Balaban J connectivity index is 3.00. The predicted molar refractivity (Wildman–Crippen MR) is 59.8 cm³/mol. The average molecular weight is 218 g/mol. The lowest BCUT2D eigenvalue weighted by molar-refractivity contribution is -0.131. The van der Waals surface area contributed by atoms with Gasteiger partial charge < -0.3 is 10.2 Å². The van der Waals surface area contributed by atoms with Crippen LogP contribution in [0.4, 0.5) is 0 Å². The Bertz CT molecular complexity index is 423. The molecule has 0 saturated carbocycles. The number of carbonyl (C=O) groups is 2. The van der Waals surface area contributed by atoms with Crippen LogP contribution in [0.5, 0.6) is 0 Å². The molecule has 82 valence electrons. The van der Waals surface area contributed by atoms with Crippen molar-refractivity contribution in [2.24, 2.45) is 0 Å². The maximum Gasteiger partial charge on any atom is 0.335 e. The maximum absolute atomic E-state index is 10.6. The van der Waals surface area contributed by atoms with Gasteiger partial charge in [0, 0.05) is 0 Å². The van der Waals surface area contributed by atoms with E-state index < -0.39 is 11.9 Å². The summed E-state index contributed by atoms with van der Waals surface area (Å²) in [5.41, 5.74) is 0.809. The predicted octanol–water partition coefficient (Wildman–Crippen LogP) is 1.88. The summed E-state index contributed by atoms with van der Waals surface area (Å²) in [6.45, 7) is 6.79. The normalized spacial score (nSPS) is 9.50. The van der Waals surface area contributed by atoms with Gasteiger partial charge in [0.2, 0.25) is 0 Å². The second-order valence-corrected chi connectivity index (χ2v) is 3.14. The lowest BCUT2D eigenvalue weighted by atomic mass is 10.0. The Morgan fingerprint density at radius 2 is 1.06 bits per heavy atom. The number of aliphatic carboxylic acids is 2. The number of carboxylic acid groups (broad SMARTS) is 2. The Morgan fingerprint density at radius 3 is 1.25 bits per heavy atom. The first-order valence-corrected chi connectivity index (χ1v) is 4.38. The van der Waals surface area contributed by atoms with Gasteiger partial charge in [-0.15, -0.1) is 0 Å². The molecule has 16 heavy (non-hydrogen) atoms. The van der Waals surface area contributed by atoms with Crippen molar-refractivity contribution in [2.45, 2.75) is 0 Å². The molecule has 0 aliphatic heterocycles. The molecule has 0 fully saturated rings. The molecular weight excluding hydrogens is 208 g/mol. The van der Waals surface area contributed by atoms with E-state index in [2.05, 4.69) is 13.2 Å². The summed E-state index contributed by atoms with van der Waals surface area (Å²) in [4.78, 5) is 21.2. The third kappa shape index (κ3) is 2.36. The minimum atomic E-state index is -1.11. The third-order valence-corrected chi connectivity index (χ3v) is 2.10. The number of benzene rings is 1. The van der Waals surface area contributed by atoms with Crippen molar-refractivity contribution in [1.82, 2.24) is 0 Å². The smallest absolute Gasteiger partial charge is 0.335 e. The number of hydrogen-bond acceptors (Lipinski definition) is 2. The third-order valence-electron chi connectivity index (χ3n) is 2.10. The highest BCUT2D eigenvalue weighted by Crippen LogP contribution is 2.17. The fourth-order valence-corrected chi connectivity index (χ4v) is 1.12. The van der Waals surface area contributed by atoms with E-state index in [0.29, 0.717) is 11.1 Å². The molecule has 0 bridgehead atoms. The van der Waals surface area contributed by atoms with Crippen LogP contribution in [0.1, 0.15) is 11.1 Å². The monoisotopic (exact) mass is 218 g/mol. The minimum Gasteiger partial charge on any atom is -0.478 e. The molecule has 0 amide bonds. The van der Waals surface area contributed by atoms with Gasteiger partial charge in [-0.05, 0) is 11.1 Å². The highest BCUT2D eigenvalue weighted by Gasteiger charge is 2.09. The van der Waals surface area contributed by atoms with Crippen LogP contribution >= 0.6 is 0 Å². The SMILES string of the molecule is C=C(C(=O)O)c1ccc(C(=C)C(=O)O)cc1. The van der Waals surface area contributed by atoms with Crippen LogP contribution in [-0.2, 0) is 9.59 Å². The molecule has 1 aromatic carbocycles. The van der Waals surface area contributed by atoms with Crippen LogP contribution < -0.4 is 0 Å². The molecule has 0 heterocycles. The van der Waals surface area contributed by atoms with Crippen LogP contribution in [-0.4, -0.2) is 22.2 Å². The fourth-order valence-electron chi connectivity index (χ4n) is 1.12. The highest BCUT2D eigenvalue weighted by molar-refractivity contribution is 6.16. The quantitative estimate of drug-likeness (QED) is 0.756. The van der Waals surface area contributed by atoms with E-state index in [1.807, 2.05) is 0 Å². The molecule has 0 atom stereocenters. The van der Waals surface area contributed by atoms with Gasteiger partial charge in [-0.1, -0.05) is 37.4 Å². The Hall–Kier alpha value is -2.36. The van der Waals surface area contributed by atoms with Gasteiger partial charge in [0.1, 0.15) is 0 Å². The van der Waals surface area contributed by atoms with Gasteiger partial charge in [0.25, 0.3) is 0 Å². The van der Waals surface area contributed by atoms with E-state index in [1.165, 1.54) is 24.3 Å². The molecule has 0 spiro atoms. The lowest BCUT2D eigenvalue weighted by Crippen LogP contribution is -2.00. The summed E-state index contributed by atoms with van der Waals surface area (Å²) < 4.78 is 0. The van der Waals surface area contributed by atoms with Crippen LogP contribution in [0.3, 0.4) is 0 Å². The van der Waals surface area contributed by atoms with Crippen molar-refractivity contribution in [3.63, 3.8) is 0 Å². The Labute approximate surface area is 92.2 Å². The van der Waals surface area contributed by atoms with E-state index in [9.17, 15) is 9.59 Å². The summed E-state index contributed by atoms with van der Waals surface area (Å²) in [6, 6.07) is 6.00. The molecule has 2 N–H and O–H groups in total. The maximum atomic E-state index is 10.6. The molecular formula is C12H10O4. The minimum absolute atomic E-state index is 0.0347. The lowest BCUT2D eigenvalue weighted by Gasteiger charge is -2.03. The molecule has 0 aliphatic carbocycles. The second kappa shape index (κ2) is 4.44. The van der Waals surface area contributed by atoms with E-state index in [0.717, 1.165) is 0 Å². The summed E-state index contributed by atoms with van der Waals surface area (Å²) >= 11 is 0. The molecule has 0 aliphatic rings. The summed E-state index contributed by atoms with van der Waals surface area (Å²) in [5, 5.41) is 17.4. The number of rotatable bonds is 4. The largest absolute Gasteiger partial charge is 0.478 e. The van der Waals surface area contributed by atoms with Crippen molar-refractivity contribution >= 4 is 23.1 Å². The van der Waals surface area contributed by atoms with Crippen molar-refractivity contribution < 1.29 is 19.8 Å². The zero-order valence-corrected chi connectivity index (χ0v) is 8.43. The van der Waals surface area contributed by atoms with E-state index in [-0.39, 0.29) is 11.1 Å². The van der Waals surface area contributed by atoms with E-state index >= 15 is 0 Å². The van der Waals surface area contributed by atoms with Crippen molar-refractivity contribution in [2.75, 3.05) is 0 Å². The first-order chi connectivity index (χ1) is 7.43. The van der Waals surface area contributed by atoms with Gasteiger partial charge in [-0.25, -0.2) is 9.59 Å². The summed E-state index contributed by atoms with van der Waals surface area (Å²) in [7, 11) is 0. The van der Waals surface area contributed by atoms with Crippen molar-refractivity contribution in [3.05, 3.63) is 48.6 Å². The average Bonchev–Trinajstić information content (AvgIpc) is 2.27. The Morgan fingerprint density at radius 1 is 0.812 bits per heavy atom. The van der Waals surface area contributed by atoms with Crippen LogP contribution in [0.2, 0.25) is 0 Å². The molecule has 0 radical (unpaired) electrons. The standard InChI is InChI=1S/C12H10O4/c1-7(11(13)14)9-3-5-10(6-4-9)8(2)12(15)16/h3-6H,1-2H2,(H,13,14)(H,15,16). The van der Waals surface area contributed by atoms with E-state index in [4.69, 9.17) is 10.2 Å². The van der Waals surface area contributed by atoms with E-state index in [1.54, 1.807) is 0 Å².